The van der Waals surface area contributed by atoms with E-state index in [0.29, 0.717) is 25.5 Å². The number of thioether (sulfide) groups is 1. The van der Waals surface area contributed by atoms with Crippen LogP contribution in [0.5, 0.6) is 0 Å². The standard InChI is InChI=1S/C25H16ClFN2O2S3/c26-16-9-10-21-19(14-16)29(18-7-3-4-8-20(18)33-21)23(30)11-12-28-24(31)22(34-25(28)32)13-15-5-1-2-6-17(15)27/h1-10,13-14H,11-12H2. The molecule has 2 aliphatic rings. The summed E-state index contributed by atoms with van der Waals surface area (Å²) >= 11 is 14.3. The van der Waals surface area contributed by atoms with Crippen LogP contribution in [0.15, 0.2) is 81.4 Å². The number of benzene rings is 3. The summed E-state index contributed by atoms with van der Waals surface area (Å²) in [5.74, 6) is -0.922. The van der Waals surface area contributed by atoms with E-state index in [1.165, 1.54) is 17.0 Å². The molecule has 0 spiro atoms. The monoisotopic (exact) mass is 526 g/mol. The van der Waals surface area contributed by atoms with E-state index < -0.39 is 5.82 Å². The molecule has 2 heterocycles. The summed E-state index contributed by atoms with van der Waals surface area (Å²) < 4.78 is 14.4. The van der Waals surface area contributed by atoms with Gasteiger partial charge in [0.05, 0.1) is 16.3 Å². The van der Waals surface area contributed by atoms with E-state index in [1.807, 2.05) is 30.3 Å². The van der Waals surface area contributed by atoms with Crippen molar-refractivity contribution in [2.75, 3.05) is 11.4 Å². The van der Waals surface area contributed by atoms with E-state index >= 15 is 0 Å². The van der Waals surface area contributed by atoms with Crippen molar-refractivity contribution in [1.82, 2.24) is 4.90 Å². The predicted molar refractivity (Wildman–Crippen MR) is 140 cm³/mol. The van der Waals surface area contributed by atoms with E-state index in [2.05, 4.69) is 0 Å². The molecule has 0 radical (unpaired) electrons. The van der Waals surface area contributed by atoms with Crippen molar-refractivity contribution in [2.24, 2.45) is 0 Å². The highest BCUT2D eigenvalue weighted by molar-refractivity contribution is 8.26. The van der Waals surface area contributed by atoms with Gasteiger partial charge in [0.1, 0.15) is 10.1 Å². The van der Waals surface area contributed by atoms with Crippen LogP contribution in [-0.2, 0) is 9.59 Å². The Morgan fingerprint density at radius 3 is 2.56 bits per heavy atom. The zero-order valence-electron chi connectivity index (χ0n) is 17.5. The van der Waals surface area contributed by atoms with Crippen molar-refractivity contribution < 1.29 is 14.0 Å². The number of anilines is 2. The summed E-state index contributed by atoms with van der Waals surface area (Å²) in [6, 6.07) is 19.4. The van der Waals surface area contributed by atoms with Crippen LogP contribution >= 0.6 is 47.3 Å². The van der Waals surface area contributed by atoms with Gasteiger partial charge in [0.15, 0.2) is 0 Å². The van der Waals surface area contributed by atoms with Crippen LogP contribution in [0.25, 0.3) is 6.08 Å². The van der Waals surface area contributed by atoms with Gasteiger partial charge < -0.3 is 0 Å². The number of hydrogen-bond donors (Lipinski definition) is 0. The SMILES string of the molecule is O=C1C(=Cc2ccccc2F)SC(=S)N1CCC(=O)N1c2ccccc2Sc2ccc(Cl)cc21. The molecule has 0 N–H and O–H groups in total. The van der Waals surface area contributed by atoms with Gasteiger partial charge in [-0.05, 0) is 42.5 Å². The van der Waals surface area contributed by atoms with Crippen LogP contribution in [0.1, 0.15) is 12.0 Å². The van der Waals surface area contributed by atoms with Crippen molar-refractivity contribution in [3.8, 4) is 0 Å². The van der Waals surface area contributed by atoms with Crippen LogP contribution < -0.4 is 4.90 Å². The highest BCUT2D eigenvalue weighted by atomic mass is 35.5. The molecule has 0 unspecified atom stereocenters. The van der Waals surface area contributed by atoms with Crippen LogP contribution in [0, 0.1) is 5.82 Å². The molecule has 5 rings (SSSR count). The molecule has 1 saturated heterocycles. The Kier molecular flexibility index (Phi) is 6.48. The summed E-state index contributed by atoms with van der Waals surface area (Å²) in [6.45, 7) is 0.125. The third kappa shape index (κ3) is 4.38. The number of amides is 2. The van der Waals surface area contributed by atoms with E-state index in [0.717, 1.165) is 27.2 Å². The van der Waals surface area contributed by atoms with Crippen molar-refractivity contribution in [3.63, 3.8) is 0 Å². The van der Waals surface area contributed by atoms with Gasteiger partial charge in [0.2, 0.25) is 5.91 Å². The summed E-state index contributed by atoms with van der Waals surface area (Å²) in [7, 11) is 0. The lowest BCUT2D eigenvalue weighted by atomic mass is 10.2. The molecular formula is C25H16ClFN2O2S3. The molecule has 0 saturated carbocycles. The second-order valence-electron chi connectivity index (χ2n) is 7.52. The Balaban J connectivity index is 1.37. The Hall–Kier alpha value is -2.65. The van der Waals surface area contributed by atoms with E-state index in [-0.39, 0.29) is 24.8 Å². The van der Waals surface area contributed by atoms with Gasteiger partial charge in [-0.15, -0.1) is 0 Å². The fourth-order valence-electron chi connectivity index (χ4n) is 3.74. The minimum atomic E-state index is -0.415. The van der Waals surface area contributed by atoms with Crippen molar-refractivity contribution in [2.45, 2.75) is 16.2 Å². The number of para-hydroxylation sites is 1. The minimum absolute atomic E-state index is 0.0599. The number of thiocarbonyl (C=S) groups is 1. The second kappa shape index (κ2) is 9.54. The maximum absolute atomic E-state index is 14.0. The average molecular weight is 527 g/mol. The first kappa shape index (κ1) is 23.1. The van der Waals surface area contributed by atoms with Gasteiger partial charge in [-0.3, -0.25) is 19.4 Å². The number of rotatable bonds is 4. The van der Waals surface area contributed by atoms with Gasteiger partial charge in [-0.2, -0.15) is 0 Å². The van der Waals surface area contributed by atoms with Crippen LogP contribution in [0.2, 0.25) is 5.02 Å². The van der Waals surface area contributed by atoms with Gasteiger partial charge in [0.25, 0.3) is 5.91 Å². The van der Waals surface area contributed by atoms with Crippen LogP contribution in [0.4, 0.5) is 15.8 Å². The summed E-state index contributed by atoms with van der Waals surface area (Å²) in [5.41, 5.74) is 1.80. The molecule has 0 aromatic heterocycles. The van der Waals surface area contributed by atoms with Crippen molar-refractivity contribution in [3.05, 3.63) is 88.0 Å². The lowest BCUT2D eigenvalue weighted by molar-refractivity contribution is -0.123. The molecule has 9 heteroatoms. The Morgan fingerprint density at radius 1 is 1.00 bits per heavy atom. The molecule has 0 aliphatic carbocycles. The number of carbonyl (C=O) groups is 2. The molecule has 1 fully saturated rings. The fourth-order valence-corrected chi connectivity index (χ4v) is 6.25. The number of fused-ring (bicyclic) bond motifs is 2. The maximum atomic E-state index is 14.0. The number of carbonyl (C=O) groups excluding carboxylic acids is 2. The summed E-state index contributed by atoms with van der Waals surface area (Å²) in [6.07, 6.45) is 1.55. The molecule has 3 aromatic rings. The molecular weight excluding hydrogens is 511 g/mol. The van der Waals surface area contributed by atoms with E-state index in [9.17, 15) is 14.0 Å². The molecule has 0 bridgehead atoms. The third-order valence-corrected chi connectivity index (χ3v) is 8.10. The molecule has 170 valence electrons. The Labute approximate surface area is 214 Å². The smallest absolute Gasteiger partial charge is 0.266 e. The highest BCUT2D eigenvalue weighted by Gasteiger charge is 2.34. The predicted octanol–water partition coefficient (Wildman–Crippen LogP) is 6.90. The molecule has 0 atom stereocenters. The molecule has 34 heavy (non-hydrogen) atoms. The number of nitrogens with zero attached hydrogens (tertiary/aromatic N) is 2. The molecule has 4 nitrogen and oxygen atoms in total. The molecule has 3 aromatic carbocycles. The zero-order chi connectivity index (χ0) is 23.8. The molecule has 2 amide bonds. The first-order chi connectivity index (χ1) is 16.4. The quantitative estimate of drug-likeness (QED) is 0.273. The summed E-state index contributed by atoms with van der Waals surface area (Å²) in [4.78, 5) is 31.7. The highest BCUT2D eigenvalue weighted by Crippen LogP contribution is 2.49. The minimum Gasteiger partial charge on any atom is -0.292 e. The van der Waals surface area contributed by atoms with Gasteiger partial charge in [-0.1, -0.05) is 77.7 Å². The zero-order valence-corrected chi connectivity index (χ0v) is 20.7. The van der Waals surface area contributed by atoms with E-state index in [4.69, 9.17) is 23.8 Å². The van der Waals surface area contributed by atoms with Crippen LogP contribution in [0.3, 0.4) is 0 Å². The van der Waals surface area contributed by atoms with Crippen molar-refractivity contribution in [1.29, 1.82) is 0 Å². The van der Waals surface area contributed by atoms with Gasteiger partial charge in [0, 0.05) is 33.3 Å². The van der Waals surface area contributed by atoms with E-state index in [1.54, 1.807) is 47.0 Å². The maximum Gasteiger partial charge on any atom is 0.266 e. The third-order valence-electron chi connectivity index (χ3n) is 5.35. The number of hydrogen-bond acceptors (Lipinski definition) is 5. The normalized spacial score (nSPS) is 16.1. The first-order valence-corrected chi connectivity index (χ1v) is 12.7. The second-order valence-corrected chi connectivity index (χ2v) is 10.7. The topological polar surface area (TPSA) is 40.6 Å². The largest absolute Gasteiger partial charge is 0.292 e. The lowest BCUT2D eigenvalue weighted by Crippen LogP contribution is -2.35. The summed E-state index contributed by atoms with van der Waals surface area (Å²) in [5, 5.41) is 0.534. The fraction of sp³-hybridized carbons (Fsp3) is 0.0800. The average Bonchev–Trinajstić information content (AvgIpc) is 3.09. The first-order valence-electron chi connectivity index (χ1n) is 10.3. The van der Waals surface area contributed by atoms with Crippen LogP contribution in [-0.4, -0.2) is 27.6 Å². The van der Waals surface area contributed by atoms with Gasteiger partial charge in [-0.25, -0.2) is 4.39 Å². The van der Waals surface area contributed by atoms with Crippen molar-refractivity contribution >= 4 is 80.9 Å². The lowest BCUT2D eigenvalue weighted by Gasteiger charge is -2.31. The Bertz CT molecular complexity index is 1380. The van der Waals surface area contributed by atoms with Gasteiger partial charge >= 0.3 is 0 Å². The number of halogens is 2. The molecule has 2 aliphatic heterocycles. The Morgan fingerprint density at radius 2 is 1.74 bits per heavy atom.